The molecule has 0 aromatic heterocycles. The lowest BCUT2D eigenvalue weighted by Crippen LogP contribution is -2.37. The minimum Gasteiger partial charge on any atom is -0.497 e. The molecule has 0 radical (unpaired) electrons. The van der Waals surface area contributed by atoms with Crippen molar-refractivity contribution in [2.45, 2.75) is 32.7 Å². The van der Waals surface area contributed by atoms with Crippen molar-refractivity contribution in [2.75, 3.05) is 34.4 Å². The van der Waals surface area contributed by atoms with E-state index in [1.165, 1.54) is 5.56 Å². The van der Waals surface area contributed by atoms with Gasteiger partial charge in [-0.25, -0.2) is 0 Å². The minimum atomic E-state index is 0.446. The van der Waals surface area contributed by atoms with Gasteiger partial charge < -0.3 is 24.8 Å². The zero-order valence-electron chi connectivity index (χ0n) is 18.1. The lowest BCUT2D eigenvalue weighted by Gasteiger charge is -2.16. The highest BCUT2D eigenvalue weighted by atomic mass is 16.5. The normalized spacial score (nSPS) is 12.2. The van der Waals surface area contributed by atoms with Crippen LogP contribution in [0.5, 0.6) is 17.2 Å². The van der Waals surface area contributed by atoms with Gasteiger partial charge in [-0.3, -0.25) is 4.99 Å². The van der Waals surface area contributed by atoms with Gasteiger partial charge in [0, 0.05) is 20.1 Å². The fourth-order valence-electron chi connectivity index (χ4n) is 3.01. The number of aliphatic imine (C=N–C) groups is 1. The van der Waals surface area contributed by atoms with Crippen molar-refractivity contribution in [3.8, 4) is 17.2 Å². The molecule has 0 aliphatic carbocycles. The van der Waals surface area contributed by atoms with Crippen molar-refractivity contribution in [2.24, 2.45) is 4.99 Å². The van der Waals surface area contributed by atoms with Crippen LogP contribution >= 0.6 is 0 Å². The monoisotopic (exact) mass is 399 g/mol. The molecule has 0 fully saturated rings. The number of nitrogens with one attached hydrogen (secondary N) is 2. The van der Waals surface area contributed by atoms with Crippen molar-refractivity contribution in [3.63, 3.8) is 0 Å². The Morgan fingerprint density at radius 2 is 1.76 bits per heavy atom. The molecule has 1 atom stereocenters. The zero-order valence-corrected chi connectivity index (χ0v) is 18.1. The van der Waals surface area contributed by atoms with Crippen molar-refractivity contribution in [1.82, 2.24) is 10.6 Å². The molecule has 29 heavy (non-hydrogen) atoms. The lowest BCUT2D eigenvalue weighted by molar-refractivity contribution is 0.310. The highest BCUT2D eigenvalue weighted by molar-refractivity contribution is 5.79. The Morgan fingerprint density at radius 1 is 1.00 bits per heavy atom. The van der Waals surface area contributed by atoms with Crippen LogP contribution in [-0.2, 0) is 6.54 Å². The molecule has 2 rings (SSSR count). The van der Waals surface area contributed by atoms with Gasteiger partial charge in [-0.1, -0.05) is 25.1 Å². The topological polar surface area (TPSA) is 64.1 Å². The van der Waals surface area contributed by atoms with Crippen LogP contribution in [0.1, 0.15) is 37.3 Å². The van der Waals surface area contributed by atoms with E-state index < -0.39 is 0 Å². The Labute approximate surface area is 174 Å². The largest absolute Gasteiger partial charge is 0.497 e. The van der Waals surface area contributed by atoms with Crippen molar-refractivity contribution < 1.29 is 14.2 Å². The predicted molar refractivity (Wildman–Crippen MR) is 118 cm³/mol. The first-order valence-electron chi connectivity index (χ1n) is 9.99. The van der Waals surface area contributed by atoms with Crippen molar-refractivity contribution in [1.29, 1.82) is 0 Å². The van der Waals surface area contributed by atoms with Crippen molar-refractivity contribution >= 4 is 5.96 Å². The summed E-state index contributed by atoms with van der Waals surface area (Å²) < 4.78 is 16.2. The Kier molecular flexibility index (Phi) is 9.15. The molecule has 6 heteroatoms. The molecule has 0 amide bonds. The fraction of sp³-hybridized carbons (Fsp3) is 0.435. The highest BCUT2D eigenvalue weighted by Gasteiger charge is 2.08. The van der Waals surface area contributed by atoms with Crippen LogP contribution in [-0.4, -0.2) is 40.4 Å². The average molecular weight is 400 g/mol. The molecule has 2 N–H and O–H groups in total. The van der Waals surface area contributed by atoms with Gasteiger partial charge in [-0.15, -0.1) is 0 Å². The maximum absolute atomic E-state index is 5.57. The van der Waals surface area contributed by atoms with Crippen LogP contribution < -0.4 is 24.8 Å². The predicted octanol–water partition coefficient (Wildman–Crippen LogP) is 3.96. The standard InChI is InChI=1S/C23H33N3O3/c1-6-29-21-12-7-18(15-22(21)28-5)16-26-23(24-3)25-14-13-17(2)19-8-10-20(27-4)11-9-19/h7-12,15,17H,6,13-14,16H2,1-5H3,(H2,24,25,26). The first-order valence-corrected chi connectivity index (χ1v) is 9.99. The van der Waals surface area contributed by atoms with Crippen LogP contribution in [0.15, 0.2) is 47.5 Å². The summed E-state index contributed by atoms with van der Waals surface area (Å²) in [5.74, 6) is 3.60. The van der Waals surface area contributed by atoms with E-state index in [9.17, 15) is 0 Å². The van der Waals surface area contributed by atoms with Gasteiger partial charge in [0.2, 0.25) is 0 Å². The average Bonchev–Trinajstić information content (AvgIpc) is 2.76. The molecule has 0 saturated heterocycles. The lowest BCUT2D eigenvalue weighted by atomic mass is 9.98. The van der Waals surface area contributed by atoms with Gasteiger partial charge in [0.15, 0.2) is 17.5 Å². The van der Waals surface area contributed by atoms with E-state index in [1.54, 1.807) is 21.3 Å². The van der Waals surface area contributed by atoms with Crippen LogP contribution in [0.3, 0.4) is 0 Å². The van der Waals surface area contributed by atoms with Crippen LogP contribution in [0.25, 0.3) is 0 Å². The minimum absolute atomic E-state index is 0.446. The summed E-state index contributed by atoms with van der Waals surface area (Å²) in [7, 11) is 5.12. The van der Waals surface area contributed by atoms with Crippen LogP contribution in [0, 0.1) is 0 Å². The smallest absolute Gasteiger partial charge is 0.191 e. The fourth-order valence-corrected chi connectivity index (χ4v) is 3.01. The van der Waals surface area contributed by atoms with Crippen molar-refractivity contribution in [3.05, 3.63) is 53.6 Å². The SMILES string of the molecule is CCOc1ccc(CNC(=NC)NCCC(C)c2ccc(OC)cc2)cc1OC. The first kappa shape index (κ1) is 22.4. The van der Waals surface area contributed by atoms with Gasteiger partial charge in [0.1, 0.15) is 5.75 Å². The molecular weight excluding hydrogens is 366 g/mol. The molecule has 158 valence electrons. The molecule has 6 nitrogen and oxygen atoms in total. The number of ether oxygens (including phenoxy) is 3. The third-order valence-electron chi connectivity index (χ3n) is 4.77. The second-order valence-corrected chi connectivity index (χ2v) is 6.73. The summed E-state index contributed by atoms with van der Waals surface area (Å²) in [5.41, 5.74) is 2.40. The van der Waals surface area contributed by atoms with Gasteiger partial charge >= 0.3 is 0 Å². The maximum Gasteiger partial charge on any atom is 0.191 e. The van der Waals surface area contributed by atoms with E-state index in [0.29, 0.717) is 19.1 Å². The molecular formula is C23H33N3O3. The van der Waals surface area contributed by atoms with Gasteiger partial charge in [0.05, 0.1) is 20.8 Å². The van der Waals surface area contributed by atoms with Crippen LogP contribution in [0.4, 0.5) is 0 Å². The maximum atomic E-state index is 5.57. The van der Waals surface area contributed by atoms with Gasteiger partial charge in [-0.2, -0.15) is 0 Å². The number of rotatable bonds is 10. The number of guanidine groups is 1. The molecule has 0 spiro atoms. The Hall–Kier alpha value is -2.89. The number of benzene rings is 2. The summed E-state index contributed by atoms with van der Waals surface area (Å²) in [5, 5.41) is 6.72. The molecule has 0 heterocycles. The Morgan fingerprint density at radius 3 is 2.38 bits per heavy atom. The highest BCUT2D eigenvalue weighted by Crippen LogP contribution is 2.28. The number of hydrogen-bond donors (Lipinski definition) is 2. The molecule has 0 bridgehead atoms. The quantitative estimate of drug-likeness (QED) is 0.468. The Bertz CT molecular complexity index is 775. The summed E-state index contributed by atoms with van der Waals surface area (Å²) in [6.45, 7) is 6.28. The summed E-state index contributed by atoms with van der Waals surface area (Å²) >= 11 is 0. The third-order valence-corrected chi connectivity index (χ3v) is 4.77. The summed E-state index contributed by atoms with van der Waals surface area (Å²) in [6, 6.07) is 14.2. The van der Waals surface area contributed by atoms with E-state index in [-0.39, 0.29) is 0 Å². The summed E-state index contributed by atoms with van der Waals surface area (Å²) in [6.07, 6.45) is 1.00. The Balaban J connectivity index is 1.81. The van der Waals surface area contributed by atoms with Gasteiger partial charge in [-0.05, 0) is 54.7 Å². The second-order valence-electron chi connectivity index (χ2n) is 6.73. The number of nitrogens with zero attached hydrogens (tertiary/aromatic N) is 1. The first-order chi connectivity index (χ1) is 14.1. The van der Waals surface area contributed by atoms with E-state index in [2.05, 4.69) is 34.7 Å². The molecule has 2 aromatic rings. The number of methoxy groups -OCH3 is 2. The van der Waals surface area contributed by atoms with Crippen LogP contribution in [0.2, 0.25) is 0 Å². The molecule has 0 saturated carbocycles. The molecule has 1 unspecified atom stereocenters. The van der Waals surface area contributed by atoms with E-state index in [0.717, 1.165) is 41.7 Å². The third kappa shape index (κ3) is 6.89. The number of hydrogen-bond acceptors (Lipinski definition) is 4. The summed E-state index contributed by atoms with van der Waals surface area (Å²) in [4.78, 5) is 4.31. The van der Waals surface area contributed by atoms with E-state index >= 15 is 0 Å². The molecule has 0 aliphatic rings. The molecule has 0 aliphatic heterocycles. The van der Waals surface area contributed by atoms with E-state index in [1.807, 2.05) is 37.3 Å². The van der Waals surface area contributed by atoms with Gasteiger partial charge in [0.25, 0.3) is 0 Å². The molecule has 2 aromatic carbocycles. The zero-order chi connectivity index (χ0) is 21.1. The van der Waals surface area contributed by atoms with E-state index in [4.69, 9.17) is 14.2 Å². The second kappa shape index (κ2) is 11.8.